The van der Waals surface area contributed by atoms with Crippen LogP contribution in [-0.4, -0.2) is 27.2 Å². The third-order valence-electron chi connectivity index (χ3n) is 3.67. The van der Waals surface area contributed by atoms with Crippen molar-refractivity contribution in [2.24, 2.45) is 0 Å². The first kappa shape index (κ1) is 19.2. The smallest absolute Gasteiger partial charge is 0.272 e. The molecule has 0 saturated heterocycles. The van der Waals surface area contributed by atoms with Gasteiger partial charge in [-0.15, -0.1) is 12.4 Å². The van der Waals surface area contributed by atoms with Crippen molar-refractivity contribution in [2.75, 3.05) is 12.3 Å². The van der Waals surface area contributed by atoms with Crippen molar-refractivity contribution >= 4 is 35.0 Å². The monoisotopic (exact) mass is 339 g/mol. The van der Waals surface area contributed by atoms with E-state index in [1.165, 1.54) is 0 Å². The summed E-state index contributed by atoms with van der Waals surface area (Å²) in [5.74, 6) is -0.174. The maximum absolute atomic E-state index is 12.4. The number of nitrogens with zero attached hydrogens (tertiary/aromatic N) is 3. The number of nitrogen functional groups attached to an aromatic ring is 1. The molecule has 0 aliphatic carbocycles. The van der Waals surface area contributed by atoms with Crippen molar-refractivity contribution in [1.82, 2.24) is 20.1 Å². The normalized spacial score (nSPS) is 10.5. The van der Waals surface area contributed by atoms with Crippen LogP contribution in [0.25, 0.3) is 11.0 Å². The van der Waals surface area contributed by atoms with E-state index in [1.807, 2.05) is 0 Å². The molecule has 128 valence electrons. The standard InChI is InChI=1S/C16H25N5O.ClH/c1-3-5-7-11-21-15-13(12(17)8-10-18-15)14(20-21)16(22)19-9-6-4-2;/h8,10H,3-7,9,11H2,1-2H3,(H2,17,18)(H,19,22);1H. The number of fused-ring (bicyclic) bond motifs is 1. The van der Waals surface area contributed by atoms with E-state index in [0.29, 0.717) is 29.0 Å². The molecule has 23 heavy (non-hydrogen) atoms. The number of carbonyl (C=O) groups is 1. The zero-order valence-corrected chi connectivity index (χ0v) is 14.7. The second-order valence-electron chi connectivity index (χ2n) is 5.49. The van der Waals surface area contributed by atoms with E-state index in [-0.39, 0.29) is 18.3 Å². The first-order valence-corrected chi connectivity index (χ1v) is 8.08. The molecule has 0 radical (unpaired) electrons. The molecule has 2 heterocycles. The number of anilines is 1. The topological polar surface area (TPSA) is 85.8 Å². The van der Waals surface area contributed by atoms with Gasteiger partial charge in [0.25, 0.3) is 5.91 Å². The summed E-state index contributed by atoms with van der Waals surface area (Å²) in [5.41, 5.74) is 7.67. The molecular weight excluding hydrogens is 314 g/mol. The molecule has 0 fully saturated rings. The number of hydrogen-bond acceptors (Lipinski definition) is 4. The maximum Gasteiger partial charge on any atom is 0.272 e. The van der Waals surface area contributed by atoms with Crippen LogP contribution < -0.4 is 11.1 Å². The van der Waals surface area contributed by atoms with Gasteiger partial charge >= 0.3 is 0 Å². The molecule has 3 N–H and O–H groups in total. The molecular formula is C16H26ClN5O. The number of halogens is 1. The summed E-state index contributed by atoms with van der Waals surface area (Å²) in [6, 6.07) is 1.71. The average molecular weight is 340 g/mol. The number of carbonyl (C=O) groups excluding carboxylic acids is 1. The summed E-state index contributed by atoms with van der Waals surface area (Å²) in [6.45, 7) is 5.65. The van der Waals surface area contributed by atoms with Gasteiger partial charge in [-0.2, -0.15) is 5.10 Å². The highest BCUT2D eigenvalue weighted by molar-refractivity contribution is 6.08. The third-order valence-corrected chi connectivity index (χ3v) is 3.67. The fourth-order valence-electron chi connectivity index (χ4n) is 2.41. The van der Waals surface area contributed by atoms with Crippen LogP contribution in [0.15, 0.2) is 12.3 Å². The molecule has 0 aliphatic heterocycles. The summed E-state index contributed by atoms with van der Waals surface area (Å²) in [4.78, 5) is 16.7. The number of amides is 1. The van der Waals surface area contributed by atoms with Crippen molar-refractivity contribution in [3.05, 3.63) is 18.0 Å². The lowest BCUT2D eigenvalue weighted by atomic mass is 10.2. The van der Waals surface area contributed by atoms with Gasteiger partial charge in [-0.3, -0.25) is 4.79 Å². The maximum atomic E-state index is 12.4. The van der Waals surface area contributed by atoms with E-state index < -0.39 is 0 Å². The second-order valence-corrected chi connectivity index (χ2v) is 5.49. The lowest BCUT2D eigenvalue weighted by Gasteiger charge is -2.02. The van der Waals surface area contributed by atoms with Gasteiger partial charge in [-0.05, 0) is 18.9 Å². The summed E-state index contributed by atoms with van der Waals surface area (Å²) in [7, 11) is 0. The Labute approximate surface area is 143 Å². The van der Waals surface area contributed by atoms with Crippen LogP contribution in [0, 0.1) is 0 Å². The van der Waals surface area contributed by atoms with E-state index in [1.54, 1.807) is 16.9 Å². The van der Waals surface area contributed by atoms with Gasteiger partial charge in [-0.1, -0.05) is 33.1 Å². The minimum Gasteiger partial charge on any atom is -0.398 e. The minimum atomic E-state index is -0.174. The summed E-state index contributed by atoms with van der Waals surface area (Å²) >= 11 is 0. The van der Waals surface area contributed by atoms with Gasteiger partial charge in [0, 0.05) is 25.0 Å². The predicted molar refractivity (Wildman–Crippen MR) is 96.0 cm³/mol. The number of hydrogen-bond donors (Lipinski definition) is 2. The number of aromatic nitrogens is 3. The van der Waals surface area contributed by atoms with Crippen LogP contribution in [0.3, 0.4) is 0 Å². The molecule has 2 aromatic rings. The molecule has 0 atom stereocenters. The molecule has 0 bridgehead atoms. The van der Waals surface area contributed by atoms with E-state index in [9.17, 15) is 4.79 Å². The highest BCUT2D eigenvalue weighted by atomic mass is 35.5. The second kappa shape index (κ2) is 9.35. The molecule has 0 aromatic carbocycles. The van der Waals surface area contributed by atoms with Crippen molar-refractivity contribution in [1.29, 1.82) is 0 Å². The van der Waals surface area contributed by atoms with Gasteiger partial charge in [-0.25, -0.2) is 9.67 Å². The fraction of sp³-hybridized carbons (Fsp3) is 0.562. The number of pyridine rings is 1. The Hall–Kier alpha value is -1.82. The first-order chi connectivity index (χ1) is 10.7. The van der Waals surface area contributed by atoms with E-state index in [2.05, 4.69) is 29.2 Å². The predicted octanol–water partition coefficient (Wildman–Crippen LogP) is 3.16. The zero-order valence-electron chi connectivity index (χ0n) is 13.8. The molecule has 0 unspecified atom stereocenters. The highest BCUT2D eigenvalue weighted by Crippen LogP contribution is 2.23. The van der Waals surface area contributed by atoms with Gasteiger partial charge in [0.1, 0.15) is 0 Å². The largest absolute Gasteiger partial charge is 0.398 e. The Kier molecular flexibility index (Phi) is 7.81. The summed E-state index contributed by atoms with van der Waals surface area (Å²) in [6.07, 6.45) is 6.93. The Morgan fingerprint density at radius 3 is 2.70 bits per heavy atom. The molecule has 6 nitrogen and oxygen atoms in total. The van der Waals surface area contributed by atoms with Crippen molar-refractivity contribution in [3.63, 3.8) is 0 Å². The van der Waals surface area contributed by atoms with Crippen molar-refractivity contribution < 1.29 is 4.79 Å². The van der Waals surface area contributed by atoms with Gasteiger partial charge in [0.05, 0.1) is 5.39 Å². The van der Waals surface area contributed by atoms with Crippen LogP contribution in [0.2, 0.25) is 0 Å². The van der Waals surface area contributed by atoms with E-state index >= 15 is 0 Å². The van der Waals surface area contributed by atoms with Crippen LogP contribution in [0.1, 0.15) is 56.4 Å². The quantitative estimate of drug-likeness (QED) is 0.723. The Bertz CT molecular complexity index is 641. The van der Waals surface area contributed by atoms with Crippen LogP contribution in [0.4, 0.5) is 5.69 Å². The van der Waals surface area contributed by atoms with Gasteiger partial charge in [0.15, 0.2) is 11.3 Å². The molecule has 0 aliphatic rings. The lowest BCUT2D eigenvalue weighted by molar-refractivity contribution is 0.0949. The van der Waals surface area contributed by atoms with Crippen molar-refractivity contribution in [3.8, 4) is 0 Å². The Morgan fingerprint density at radius 2 is 2.00 bits per heavy atom. The Morgan fingerprint density at radius 1 is 1.26 bits per heavy atom. The SMILES string of the molecule is CCCCCn1nc(C(=O)NCCCC)c2c(N)ccnc21.Cl. The number of nitrogens with two attached hydrogens (primary N) is 1. The number of nitrogens with one attached hydrogen (secondary N) is 1. The molecule has 1 amide bonds. The van der Waals surface area contributed by atoms with Crippen LogP contribution in [0.5, 0.6) is 0 Å². The van der Waals surface area contributed by atoms with Gasteiger partial charge < -0.3 is 11.1 Å². The third kappa shape index (κ3) is 4.58. The fourth-order valence-corrected chi connectivity index (χ4v) is 2.41. The molecule has 2 rings (SSSR count). The summed E-state index contributed by atoms with van der Waals surface area (Å²) < 4.78 is 1.80. The average Bonchev–Trinajstić information content (AvgIpc) is 2.88. The minimum absolute atomic E-state index is 0. The molecule has 7 heteroatoms. The van der Waals surface area contributed by atoms with E-state index in [0.717, 1.165) is 38.6 Å². The lowest BCUT2D eigenvalue weighted by Crippen LogP contribution is -2.25. The number of rotatable bonds is 8. The number of aryl methyl sites for hydroxylation is 1. The van der Waals surface area contributed by atoms with E-state index in [4.69, 9.17) is 5.73 Å². The Balaban J connectivity index is 0.00000264. The molecule has 2 aromatic heterocycles. The van der Waals surface area contributed by atoms with Crippen LogP contribution in [-0.2, 0) is 6.54 Å². The summed E-state index contributed by atoms with van der Waals surface area (Å²) in [5, 5.41) is 8.02. The zero-order chi connectivity index (χ0) is 15.9. The number of unbranched alkanes of at least 4 members (excludes halogenated alkanes) is 3. The first-order valence-electron chi connectivity index (χ1n) is 8.08. The van der Waals surface area contributed by atoms with Gasteiger partial charge in [0.2, 0.25) is 0 Å². The van der Waals surface area contributed by atoms with Crippen molar-refractivity contribution in [2.45, 2.75) is 52.5 Å². The molecule has 0 spiro atoms. The van der Waals surface area contributed by atoms with Crippen LogP contribution >= 0.6 is 12.4 Å². The molecule has 0 saturated carbocycles. The highest BCUT2D eigenvalue weighted by Gasteiger charge is 2.19.